The average molecular weight is 201 g/mol. The van der Waals surface area contributed by atoms with Crippen LogP contribution in [-0.2, 0) is 4.74 Å². The molecule has 6 nitrogen and oxygen atoms in total. The van der Waals surface area contributed by atoms with Gasteiger partial charge in [-0.05, 0) is 0 Å². The molecule has 0 radical (unpaired) electrons. The van der Waals surface area contributed by atoms with Crippen LogP contribution in [0.5, 0.6) is 0 Å². The van der Waals surface area contributed by atoms with Crippen molar-refractivity contribution in [2.45, 2.75) is 0 Å². The van der Waals surface area contributed by atoms with Gasteiger partial charge in [0.25, 0.3) is 0 Å². The van der Waals surface area contributed by atoms with Crippen LogP contribution < -0.4 is 5.32 Å². The van der Waals surface area contributed by atoms with Crippen molar-refractivity contribution < 1.29 is 14.3 Å². The number of cyclic esters (lactones) is 1. The van der Waals surface area contributed by atoms with Gasteiger partial charge in [0.05, 0.1) is 6.54 Å². The summed E-state index contributed by atoms with van der Waals surface area (Å²) in [6.45, 7) is 2.93. The fourth-order valence-corrected chi connectivity index (χ4v) is 1.13. The lowest BCUT2D eigenvalue weighted by Gasteiger charge is -2.07. The number of carbonyl (C=O) groups is 2. The van der Waals surface area contributed by atoms with Crippen molar-refractivity contribution >= 4 is 12.1 Å². The molecule has 0 aromatic rings. The first-order valence-electron chi connectivity index (χ1n) is 4.48. The molecule has 2 fully saturated rings. The highest BCUT2D eigenvalue weighted by molar-refractivity contribution is 5.75. The van der Waals surface area contributed by atoms with Crippen molar-refractivity contribution in [2.24, 2.45) is 0 Å². The number of ether oxygens (including phenoxy) is 1. The maximum absolute atomic E-state index is 10.8. The second-order valence-electron chi connectivity index (χ2n) is 3.19. The SMILES string of the molecule is CN1CCN(C)C1=O.O=C1NCCO1. The second kappa shape index (κ2) is 4.69. The molecular formula is C8H15N3O3. The lowest BCUT2D eigenvalue weighted by Crippen LogP contribution is -2.25. The van der Waals surface area contributed by atoms with E-state index in [2.05, 4.69) is 10.1 Å². The Balaban J connectivity index is 0.000000146. The maximum atomic E-state index is 10.8. The highest BCUT2D eigenvalue weighted by Crippen LogP contribution is 2.00. The Morgan fingerprint density at radius 3 is 1.93 bits per heavy atom. The number of hydrogen-bond acceptors (Lipinski definition) is 3. The molecule has 0 aromatic carbocycles. The van der Waals surface area contributed by atoms with Gasteiger partial charge < -0.3 is 19.9 Å². The van der Waals surface area contributed by atoms with E-state index >= 15 is 0 Å². The van der Waals surface area contributed by atoms with E-state index in [0.29, 0.717) is 13.2 Å². The van der Waals surface area contributed by atoms with Crippen LogP contribution in [0.25, 0.3) is 0 Å². The number of nitrogens with one attached hydrogen (secondary N) is 1. The number of rotatable bonds is 0. The molecule has 2 saturated heterocycles. The summed E-state index contributed by atoms with van der Waals surface area (Å²) in [4.78, 5) is 24.1. The number of nitrogens with zero attached hydrogens (tertiary/aromatic N) is 2. The van der Waals surface area contributed by atoms with Crippen molar-refractivity contribution in [3.63, 3.8) is 0 Å². The first-order chi connectivity index (χ1) is 6.61. The number of likely N-dealkylation sites (N-methyl/N-ethyl adjacent to an activating group) is 2. The second-order valence-corrected chi connectivity index (χ2v) is 3.19. The van der Waals surface area contributed by atoms with E-state index in [1.165, 1.54) is 0 Å². The third-order valence-corrected chi connectivity index (χ3v) is 2.03. The minimum absolute atomic E-state index is 0.130. The first-order valence-corrected chi connectivity index (χ1v) is 4.48. The average Bonchev–Trinajstić information content (AvgIpc) is 2.73. The van der Waals surface area contributed by atoms with Gasteiger partial charge in [-0.15, -0.1) is 0 Å². The van der Waals surface area contributed by atoms with Crippen molar-refractivity contribution in [1.29, 1.82) is 0 Å². The predicted octanol–water partition coefficient (Wildman–Crippen LogP) is -0.290. The van der Waals surface area contributed by atoms with Gasteiger partial charge in [-0.3, -0.25) is 0 Å². The van der Waals surface area contributed by atoms with Crippen LogP contribution in [0, 0.1) is 0 Å². The molecule has 0 aromatic heterocycles. The molecule has 2 aliphatic heterocycles. The van der Waals surface area contributed by atoms with Crippen LogP contribution in [-0.4, -0.2) is 62.3 Å². The topological polar surface area (TPSA) is 61.9 Å². The van der Waals surface area contributed by atoms with Gasteiger partial charge in [0.2, 0.25) is 0 Å². The molecule has 2 rings (SSSR count). The quantitative estimate of drug-likeness (QED) is 0.586. The summed E-state index contributed by atoms with van der Waals surface area (Å²) in [7, 11) is 3.62. The van der Waals surface area contributed by atoms with Crippen LogP contribution in [0.15, 0.2) is 0 Å². The third-order valence-electron chi connectivity index (χ3n) is 2.03. The van der Waals surface area contributed by atoms with Crippen LogP contribution in [0.3, 0.4) is 0 Å². The van der Waals surface area contributed by atoms with E-state index in [1.807, 2.05) is 14.1 Å². The smallest absolute Gasteiger partial charge is 0.407 e. The first kappa shape index (κ1) is 10.6. The Morgan fingerprint density at radius 2 is 1.79 bits per heavy atom. The molecule has 14 heavy (non-hydrogen) atoms. The summed E-state index contributed by atoms with van der Waals surface area (Å²) >= 11 is 0. The van der Waals surface area contributed by atoms with Gasteiger partial charge >= 0.3 is 12.1 Å². The summed E-state index contributed by atoms with van der Waals surface area (Å²) < 4.78 is 4.40. The Hall–Kier alpha value is -1.46. The Kier molecular flexibility index (Phi) is 3.55. The summed E-state index contributed by atoms with van der Waals surface area (Å²) in [6, 6.07) is 0.130. The lowest BCUT2D eigenvalue weighted by atomic mass is 10.6. The number of amides is 3. The fraction of sp³-hybridized carbons (Fsp3) is 0.750. The normalized spacial score (nSPS) is 20.1. The molecule has 0 saturated carbocycles. The monoisotopic (exact) mass is 201 g/mol. The van der Waals surface area contributed by atoms with Gasteiger partial charge in [0.1, 0.15) is 6.61 Å². The van der Waals surface area contributed by atoms with E-state index in [9.17, 15) is 9.59 Å². The van der Waals surface area contributed by atoms with Gasteiger partial charge in [-0.2, -0.15) is 0 Å². The summed E-state index contributed by atoms with van der Waals surface area (Å²) in [5, 5.41) is 2.46. The van der Waals surface area contributed by atoms with Crippen molar-refractivity contribution in [3.8, 4) is 0 Å². The fourth-order valence-electron chi connectivity index (χ4n) is 1.13. The van der Waals surface area contributed by atoms with E-state index in [1.54, 1.807) is 9.80 Å². The molecule has 2 heterocycles. The molecule has 0 atom stereocenters. The summed E-state index contributed by atoms with van der Waals surface area (Å²) in [5.74, 6) is 0. The summed E-state index contributed by atoms with van der Waals surface area (Å²) in [6.07, 6.45) is -0.296. The minimum atomic E-state index is -0.296. The molecule has 80 valence electrons. The number of alkyl carbamates (subject to hydrolysis) is 1. The van der Waals surface area contributed by atoms with Crippen LogP contribution in [0.4, 0.5) is 9.59 Å². The molecule has 0 spiro atoms. The molecule has 0 aliphatic carbocycles. The highest BCUT2D eigenvalue weighted by Gasteiger charge is 2.20. The van der Waals surface area contributed by atoms with Crippen LogP contribution in [0.1, 0.15) is 0 Å². The van der Waals surface area contributed by atoms with E-state index in [0.717, 1.165) is 13.1 Å². The molecular weight excluding hydrogens is 186 g/mol. The van der Waals surface area contributed by atoms with Crippen LogP contribution in [0.2, 0.25) is 0 Å². The molecule has 2 aliphatic rings. The minimum Gasteiger partial charge on any atom is -0.448 e. The number of hydrogen-bond donors (Lipinski definition) is 1. The zero-order valence-electron chi connectivity index (χ0n) is 8.45. The number of urea groups is 1. The van der Waals surface area contributed by atoms with Crippen molar-refractivity contribution in [1.82, 2.24) is 15.1 Å². The molecule has 0 bridgehead atoms. The Bertz CT molecular complexity index is 212. The highest BCUT2D eigenvalue weighted by atomic mass is 16.6. The third kappa shape index (κ3) is 2.79. The largest absolute Gasteiger partial charge is 0.448 e. The van der Waals surface area contributed by atoms with Crippen molar-refractivity contribution in [3.05, 3.63) is 0 Å². The summed E-state index contributed by atoms with van der Waals surface area (Å²) in [5.41, 5.74) is 0. The van der Waals surface area contributed by atoms with Gasteiger partial charge in [-0.1, -0.05) is 0 Å². The number of carbonyl (C=O) groups excluding carboxylic acids is 2. The van der Waals surface area contributed by atoms with E-state index in [-0.39, 0.29) is 12.1 Å². The maximum Gasteiger partial charge on any atom is 0.407 e. The van der Waals surface area contributed by atoms with Gasteiger partial charge in [0, 0.05) is 27.2 Å². The standard InChI is InChI=1S/C5H10N2O.C3H5NO2/c1-6-3-4-7(2)5(6)8;5-3-4-1-2-6-3/h3-4H2,1-2H3;1-2H2,(H,4,5). The van der Waals surface area contributed by atoms with E-state index < -0.39 is 0 Å². The van der Waals surface area contributed by atoms with Crippen molar-refractivity contribution in [2.75, 3.05) is 40.3 Å². The zero-order valence-corrected chi connectivity index (χ0v) is 8.45. The van der Waals surface area contributed by atoms with E-state index in [4.69, 9.17) is 0 Å². The van der Waals surface area contributed by atoms with Crippen LogP contribution >= 0.6 is 0 Å². The molecule has 0 unspecified atom stereocenters. The molecule has 1 N–H and O–H groups in total. The molecule has 3 amide bonds. The Morgan fingerprint density at radius 1 is 1.21 bits per heavy atom. The molecule has 6 heteroatoms. The predicted molar refractivity (Wildman–Crippen MR) is 50.0 cm³/mol. The Labute approximate surface area is 82.8 Å². The van der Waals surface area contributed by atoms with Gasteiger partial charge in [-0.25, -0.2) is 9.59 Å². The lowest BCUT2D eigenvalue weighted by molar-refractivity contribution is 0.178. The zero-order chi connectivity index (χ0) is 10.6. The van der Waals surface area contributed by atoms with Gasteiger partial charge in [0.15, 0.2) is 0 Å².